The number of carbonyl (C=O) groups is 1. The van der Waals surface area contributed by atoms with Crippen LogP contribution in [0.5, 0.6) is 0 Å². The van der Waals surface area contributed by atoms with Gasteiger partial charge in [0.2, 0.25) is 5.13 Å². The van der Waals surface area contributed by atoms with Gasteiger partial charge < -0.3 is 5.32 Å². The van der Waals surface area contributed by atoms with E-state index in [0.717, 1.165) is 5.56 Å². The van der Waals surface area contributed by atoms with Gasteiger partial charge in [-0.05, 0) is 62.2 Å². The molecule has 0 fully saturated rings. The molecule has 31 heavy (non-hydrogen) atoms. The summed E-state index contributed by atoms with van der Waals surface area (Å²) in [5.41, 5.74) is 3.36. The minimum Gasteiger partial charge on any atom is -0.352 e. The van der Waals surface area contributed by atoms with Crippen LogP contribution in [0.25, 0.3) is 0 Å². The molecule has 1 N–H and O–H groups in total. The van der Waals surface area contributed by atoms with Crippen LogP contribution < -0.4 is 9.62 Å². The Hall–Kier alpha value is -3.29. The van der Waals surface area contributed by atoms with Crippen molar-refractivity contribution in [3.63, 3.8) is 0 Å². The Morgan fingerprint density at radius 1 is 1.16 bits per heavy atom. The quantitative estimate of drug-likeness (QED) is 0.558. The van der Waals surface area contributed by atoms with Gasteiger partial charge in [-0.2, -0.15) is 5.26 Å². The highest BCUT2D eigenvalue weighted by Gasteiger charge is 2.29. The first-order chi connectivity index (χ1) is 14.8. The summed E-state index contributed by atoms with van der Waals surface area (Å²) in [6, 6.07) is 14.7. The normalized spacial score (nSPS) is 11.2. The van der Waals surface area contributed by atoms with Gasteiger partial charge in [-0.1, -0.05) is 23.5 Å². The van der Waals surface area contributed by atoms with Crippen LogP contribution in [-0.2, 0) is 16.4 Å². The molecule has 2 aromatic carbocycles. The lowest BCUT2D eigenvalue weighted by atomic mass is 10.1. The van der Waals surface area contributed by atoms with Gasteiger partial charge in [-0.25, -0.2) is 12.7 Å². The summed E-state index contributed by atoms with van der Waals surface area (Å²) >= 11 is 1.17. The Morgan fingerprint density at radius 2 is 1.84 bits per heavy atom. The van der Waals surface area contributed by atoms with Crippen molar-refractivity contribution in [1.82, 2.24) is 15.5 Å². The van der Waals surface area contributed by atoms with Crippen LogP contribution in [0.2, 0.25) is 0 Å². The second-order valence-corrected chi connectivity index (χ2v) is 9.58. The van der Waals surface area contributed by atoms with E-state index in [4.69, 9.17) is 5.26 Å². The molecule has 10 heteroatoms. The lowest BCUT2D eigenvalue weighted by molar-refractivity contribution is 0.0954. The first-order valence-electron chi connectivity index (χ1n) is 9.51. The number of aromatic nitrogens is 2. The van der Waals surface area contributed by atoms with Crippen LogP contribution >= 0.6 is 11.3 Å². The standard InChI is InChI=1S/C21H21N5O3S2/c1-15(2)26(21-25-24-14-30-21)31(28,29)19-9-5-16(6-10-19)11-12-23-20(27)18-7-3-17(13-22)4-8-18/h3-10,14-15H,11-12H2,1-2H3,(H,23,27). The maximum Gasteiger partial charge on any atom is 0.266 e. The summed E-state index contributed by atoms with van der Waals surface area (Å²) in [4.78, 5) is 12.4. The van der Waals surface area contributed by atoms with Crippen LogP contribution in [0.4, 0.5) is 5.13 Å². The molecule has 3 aromatic rings. The van der Waals surface area contributed by atoms with Crippen molar-refractivity contribution in [2.45, 2.75) is 31.2 Å². The number of benzene rings is 2. The molecule has 0 spiro atoms. The van der Waals surface area contributed by atoms with Crippen molar-refractivity contribution in [3.8, 4) is 6.07 Å². The van der Waals surface area contributed by atoms with E-state index in [1.165, 1.54) is 21.2 Å². The fourth-order valence-electron chi connectivity index (χ4n) is 2.92. The molecule has 0 saturated heterocycles. The molecule has 0 saturated carbocycles. The number of hydrogen-bond donors (Lipinski definition) is 1. The van der Waals surface area contributed by atoms with Crippen molar-refractivity contribution in [2.75, 3.05) is 10.8 Å². The Kier molecular flexibility index (Phi) is 6.99. The zero-order valence-electron chi connectivity index (χ0n) is 17.0. The van der Waals surface area contributed by atoms with E-state index in [0.29, 0.717) is 29.2 Å². The second-order valence-electron chi connectivity index (χ2n) is 6.95. The number of sulfonamides is 1. The van der Waals surface area contributed by atoms with Gasteiger partial charge >= 0.3 is 0 Å². The van der Waals surface area contributed by atoms with Crippen molar-refractivity contribution >= 4 is 32.4 Å². The highest BCUT2D eigenvalue weighted by Crippen LogP contribution is 2.27. The molecule has 0 radical (unpaired) electrons. The zero-order valence-corrected chi connectivity index (χ0v) is 18.7. The largest absolute Gasteiger partial charge is 0.352 e. The van der Waals surface area contributed by atoms with Crippen molar-refractivity contribution in [2.24, 2.45) is 0 Å². The Bertz CT molecular complexity index is 1170. The molecule has 8 nitrogen and oxygen atoms in total. The first kappa shape index (κ1) is 22.4. The molecular formula is C21H21N5O3S2. The molecule has 1 aromatic heterocycles. The predicted octanol–water partition coefficient (Wildman–Crippen LogP) is 2.99. The van der Waals surface area contributed by atoms with Crippen LogP contribution in [0, 0.1) is 11.3 Å². The summed E-state index contributed by atoms with van der Waals surface area (Å²) in [7, 11) is -3.77. The number of carbonyl (C=O) groups excluding carboxylic acids is 1. The molecule has 0 aliphatic carbocycles. The molecule has 0 unspecified atom stereocenters. The van der Waals surface area contributed by atoms with Crippen molar-refractivity contribution in [3.05, 3.63) is 70.7 Å². The van der Waals surface area contributed by atoms with E-state index in [1.807, 2.05) is 6.07 Å². The van der Waals surface area contributed by atoms with Crippen LogP contribution in [0.3, 0.4) is 0 Å². The number of nitriles is 1. The summed E-state index contributed by atoms with van der Waals surface area (Å²) in [5.74, 6) is -0.228. The summed E-state index contributed by atoms with van der Waals surface area (Å²) in [5, 5.41) is 19.6. The highest BCUT2D eigenvalue weighted by atomic mass is 32.2. The highest BCUT2D eigenvalue weighted by molar-refractivity contribution is 7.93. The summed E-state index contributed by atoms with van der Waals surface area (Å²) in [6.45, 7) is 3.96. The maximum absolute atomic E-state index is 13.1. The number of anilines is 1. The topological polar surface area (TPSA) is 116 Å². The van der Waals surface area contributed by atoms with Gasteiger partial charge in [-0.3, -0.25) is 4.79 Å². The Morgan fingerprint density at radius 3 is 2.39 bits per heavy atom. The summed E-state index contributed by atoms with van der Waals surface area (Å²) < 4.78 is 27.4. The molecule has 0 atom stereocenters. The van der Waals surface area contributed by atoms with Crippen molar-refractivity contribution < 1.29 is 13.2 Å². The third kappa shape index (κ3) is 5.25. The van der Waals surface area contributed by atoms with E-state index in [2.05, 4.69) is 15.5 Å². The Balaban J connectivity index is 1.63. The second kappa shape index (κ2) is 9.68. The molecule has 1 amide bonds. The molecule has 160 valence electrons. The van der Waals surface area contributed by atoms with Gasteiger partial charge in [0.15, 0.2) is 0 Å². The third-order valence-electron chi connectivity index (χ3n) is 4.46. The average molecular weight is 456 g/mol. The predicted molar refractivity (Wildman–Crippen MR) is 118 cm³/mol. The van der Waals surface area contributed by atoms with E-state index >= 15 is 0 Å². The number of nitrogens with zero attached hydrogens (tertiary/aromatic N) is 4. The van der Waals surface area contributed by atoms with Gasteiger partial charge in [0.25, 0.3) is 15.9 Å². The zero-order chi connectivity index (χ0) is 22.4. The van der Waals surface area contributed by atoms with E-state index in [-0.39, 0.29) is 16.8 Å². The van der Waals surface area contributed by atoms with E-state index in [9.17, 15) is 13.2 Å². The molecule has 0 aliphatic heterocycles. The Labute approximate surface area is 185 Å². The minimum absolute atomic E-state index is 0.168. The minimum atomic E-state index is -3.77. The summed E-state index contributed by atoms with van der Waals surface area (Å²) in [6.07, 6.45) is 0.548. The number of amides is 1. The molecule has 3 rings (SSSR count). The van der Waals surface area contributed by atoms with Gasteiger partial charge in [-0.15, -0.1) is 10.2 Å². The number of hydrogen-bond acceptors (Lipinski definition) is 7. The molecule has 1 heterocycles. The fourth-order valence-corrected chi connectivity index (χ4v) is 5.45. The van der Waals surface area contributed by atoms with Gasteiger partial charge in [0, 0.05) is 18.2 Å². The first-order valence-corrected chi connectivity index (χ1v) is 11.8. The lowest BCUT2D eigenvalue weighted by Crippen LogP contribution is -2.37. The maximum atomic E-state index is 13.1. The number of rotatable bonds is 8. The van der Waals surface area contributed by atoms with Crippen molar-refractivity contribution in [1.29, 1.82) is 5.26 Å². The van der Waals surface area contributed by atoms with Crippen LogP contribution in [0.1, 0.15) is 35.3 Å². The van der Waals surface area contributed by atoms with Gasteiger partial charge in [0.1, 0.15) is 5.51 Å². The van der Waals surface area contributed by atoms with Crippen LogP contribution in [-0.4, -0.2) is 37.1 Å². The smallest absolute Gasteiger partial charge is 0.266 e. The average Bonchev–Trinajstić information content (AvgIpc) is 3.27. The SMILES string of the molecule is CC(C)N(c1nncs1)S(=O)(=O)c1ccc(CCNC(=O)c2ccc(C#N)cc2)cc1. The molecule has 0 bridgehead atoms. The third-order valence-corrected chi connectivity index (χ3v) is 7.25. The lowest BCUT2D eigenvalue weighted by Gasteiger charge is -2.25. The molecule has 0 aliphatic rings. The number of nitrogens with one attached hydrogen (secondary N) is 1. The van der Waals surface area contributed by atoms with Gasteiger partial charge in [0.05, 0.1) is 16.5 Å². The monoisotopic (exact) mass is 455 g/mol. The van der Waals surface area contributed by atoms with Crippen LogP contribution in [0.15, 0.2) is 58.9 Å². The van der Waals surface area contributed by atoms with E-state index < -0.39 is 10.0 Å². The fraction of sp³-hybridized carbons (Fsp3) is 0.238. The van der Waals surface area contributed by atoms with E-state index in [1.54, 1.807) is 62.4 Å². The molecular weight excluding hydrogens is 434 g/mol.